The first kappa shape index (κ1) is 12.5. The third-order valence-corrected chi connectivity index (χ3v) is 5.28. The molecule has 2 aromatic heterocycles. The largest absolute Gasteiger partial charge is 0.465 e. The first-order valence-corrected chi connectivity index (χ1v) is 7.47. The van der Waals surface area contributed by atoms with Crippen molar-refractivity contribution in [3.05, 3.63) is 39.7 Å². The standard InChI is InChI=1S/C15H12N2O3S/c1-20-14(19)10-7-9-11-8(3-2-6-16-11)13(18)17-15(4-5-15)12(9)21-10/h2-3,6-7H,4-5H2,1H3,(H,17,18). The Morgan fingerprint density at radius 1 is 1.43 bits per heavy atom. The predicted octanol–water partition coefficient (Wildman–Crippen LogP) is 2.33. The number of amides is 1. The van der Waals surface area contributed by atoms with Crippen LogP contribution in [0.15, 0.2) is 24.4 Å². The van der Waals surface area contributed by atoms with Crippen LogP contribution in [0.1, 0.15) is 37.7 Å². The second-order valence-electron chi connectivity index (χ2n) is 5.28. The lowest BCUT2D eigenvalue weighted by Crippen LogP contribution is -2.33. The Balaban J connectivity index is 1.98. The number of rotatable bonds is 1. The molecular weight excluding hydrogens is 288 g/mol. The minimum atomic E-state index is -0.354. The third kappa shape index (κ3) is 1.72. The lowest BCUT2D eigenvalue weighted by Gasteiger charge is -2.13. The lowest BCUT2D eigenvalue weighted by atomic mass is 10.1. The van der Waals surface area contributed by atoms with E-state index in [-0.39, 0.29) is 17.4 Å². The molecule has 0 aromatic carbocycles. The summed E-state index contributed by atoms with van der Waals surface area (Å²) < 4.78 is 4.81. The van der Waals surface area contributed by atoms with Crippen LogP contribution in [0.25, 0.3) is 11.3 Å². The van der Waals surface area contributed by atoms with Gasteiger partial charge in [0.1, 0.15) is 4.88 Å². The van der Waals surface area contributed by atoms with Gasteiger partial charge in [0.05, 0.1) is 23.9 Å². The minimum absolute atomic E-state index is 0.0985. The van der Waals surface area contributed by atoms with E-state index in [0.717, 1.165) is 23.3 Å². The molecule has 1 N–H and O–H groups in total. The Kier molecular flexibility index (Phi) is 2.47. The molecule has 1 spiro atoms. The molecule has 1 fully saturated rings. The van der Waals surface area contributed by atoms with Crippen LogP contribution in [0.2, 0.25) is 0 Å². The molecule has 0 atom stereocenters. The second-order valence-corrected chi connectivity index (χ2v) is 6.33. The summed E-state index contributed by atoms with van der Waals surface area (Å²) in [5.41, 5.74) is 1.73. The molecular formula is C15H12N2O3S. The van der Waals surface area contributed by atoms with Gasteiger partial charge < -0.3 is 10.1 Å². The zero-order valence-corrected chi connectivity index (χ0v) is 12.1. The molecule has 4 rings (SSSR count). The van der Waals surface area contributed by atoms with Gasteiger partial charge in [-0.15, -0.1) is 11.3 Å². The zero-order valence-electron chi connectivity index (χ0n) is 11.3. The third-order valence-electron chi connectivity index (χ3n) is 3.96. The van der Waals surface area contributed by atoms with Crippen LogP contribution >= 0.6 is 11.3 Å². The smallest absolute Gasteiger partial charge is 0.348 e. The van der Waals surface area contributed by atoms with Crippen LogP contribution in [-0.2, 0) is 10.3 Å². The highest BCUT2D eigenvalue weighted by molar-refractivity contribution is 7.14. The van der Waals surface area contributed by atoms with E-state index in [0.29, 0.717) is 16.1 Å². The maximum absolute atomic E-state index is 12.4. The van der Waals surface area contributed by atoms with Crippen molar-refractivity contribution < 1.29 is 14.3 Å². The highest BCUT2D eigenvalue weighted by Crippen LogP contribution is 2.53. The van der Waals surface area contributed by atoms with E-state index >= 15 is 0 Å². The number of hydrogen-bond acceptors (Lipinski definition) is 5. The van der Waals surface area contributed by atoms with Crippen molar-refractivity contribution in [2.75, 3.05) is 7.11 Å². The number of methoxy groups -OCH3 is 1. The Hall–Kier alpha value is -2.21. The summed E-state index contributed by atoms with van der Waals surface area (Å²) >= 11 is 1.39. The van der Waals surface area contributed by atoms with Crippen LogP contribution in [0.5, 0.6) is 0 Å². The number of aromatic nitrogens is 1. The average Bonchev–Trinajstić information content (AvgIpc) is 3.15. The van der Waals surface area contributed by atoms with Gasteiger partial charge in [0.2, 0.25) is 0 Å². The van der Waals surface area contributed by atoms with Gasteiger partial charge in [-0.2, -0.15) is 0 Å². The SMILES string of the molecule is COC(=O)c1cc2c(s1)C1(CC1)NC(=O)c1cccnc1-2. The summed E-state index contributed by atoms with van der Waals surface area (Å²) in [6.45, 7) is 0. The average molecular weight is 300 g/mol. The number of hydrogen-bond donors (Lipinski definition) is 1. The Labute approximate surface area is 125 Å². The van der Waals surface area contributed by atoms with Gasteiger partial charge >= 0.3 is 5.97 Å². The van der Waals surface area contributed by atoms with Gasteiger partial charge in [0.25, 0.3) is 5.91 Å². The fourth-order valence-corrected chi connectivity index (χ4v) is 4.02. The number of nitrogens with zero attached hydrogens (tertiary/aromatic N) is 1. The Morgan fingerprint density at radius 3 is 2.95 bits per heavy atom. The lowest BCUT2D eigenvalue weighted by molar-refractivity contribution is 0.0606. The Bertz CT molecular complexity index is 777. The number of ether oxygens (including phenoxy) is 1. The number of fused-ring (bicyclic) bond motifs is 4. The van der Waals surface area contributed by atoms with E-state index < -0.39 is 0 Å². The van der Waals surface area contributed by atoms with Crippen molar-refractivity contribution >= 4 is 23.2 Å². The molecule has 0 unspecified atom stereocenters. The van der Waals surface area contributed by atoms with Crippen molar-refractivity contribution in [3.8, 4) is 11.3 Å². The molecule has 106 valence electrons. The van der Waals surface area contributed by atoms with Crippen molar-refractivity contribution in [3.63, 3.8) is 0 Å². The van der Waals surface area contributed by atoms with Crippen LogP contribution in [0, 0.1) is 0 Å². The summed E-state index contributed by atoms with van der Waals surface area (Å²) in [5, 5.41) is 3.09. The molecule has 0 radical (unpaired) electrons. The monoisotopic (exact) mass is 300 g/mol. The number of carbonyl (C=O) groups is 2. The molecule has 6 heteroatoms. The van der Waals surface area contributed by atoms with Crippen molar-refractivity contribution in [1.82, 2.24) is 10.3 Å². The molecule has 0 saturated heterocycles. The van der Waals surface area contributed by atoms with E-state index in [9.17, 15) is 9.59 Å². The molecule has 1 saturated carbocycles. The first-order valence-electron chi connectivity index (χ1n) is 6.65. The molecule has 21 heavy (non-hydrogen) atoms. The molecule has 1 aliphatic carbocycles. The van der Waals surface area contributed by atoms with E-state index in [1.165, 1.54) is 18.4 Å². The fraction of sp³-hybridized carbons (Fsp3) is 0.267. The molecule has 1 amide bonds. The number of pyridine rings is 1. The second kappa shape index (κ2) is 4.14. The summed E-state index contributed by atoms with van der Waals surface area (Å²) in [6.07, 6.45) is 3.44. The van der Waals surface area contributed by atoms with Crippen LogP contribution < -0.4 is 5.32 Å². The topological polar surface area (TPSA) is 68.3 Å². The van der Waals surface area contributed by atoms with Crippen LogP contribution in [0.3, 0.4) is 0 Å². The van der Waals surface area contributed by atoms with E-state index in [1.54, 1.807) is 24.4 Å². The zero-order chi connectivity index (χ0) is 14.6. The molecule has 2 aromatic rings. The molecule has 0 bridgehead atoms. The number of thiophene rings is 1. The van der Waals surface area contributed by atoms with Crippen molar-refractivity contribution in [1.29, 1.82) is 0 Å². The van der Waals surface area contributed by atoms with E-state index in [1.807, 2.05) is 0 Å². The van der Waals surface area contributed by atoms with Crippen molar-refractivity contribution in [2.45, 2.75) is 18.4 Å². The fourth-order valence-electron chi connectivity index (χ4n) is 2.75. The van der Waals surface area contributed by atoms with Gasteiger partial charge in [-0.05, 0) is 31.0 Å². The number of carbonyl (C=O) groups excluding carboxylic acids is 2. The summed E-state index contributed by atoms with van der Waals surface area (Å²) in [7, 11) is 1.37. The summed E-state index contributed by atoms with van der Waals surface area (Å²) in [5.74, 6) is -0.453. The van der Waals surface area contributed by atoms with Gasteiger partial charge in [0.15, 0.2) is 0 Å². The van der Waals surface area contributed by atoms with E-state index in [2.05, 4.69) is 10.3 Å². The maximum atomic E-state index is 12.4. The summed E-state index contributed by atoms with van der Waals surface area (Å²) in [6, 6.07) is 5.30. The van der Waals surface area contributed by atoms with Crippen LogP contribution in [-0.4, -0.2) is 24.0 Å². The first-order chi connectivity index (χ1) is 10.1. The Morgan fingerprint density at radius 2 is 2.24 bits per heavy atom. The summed E-state index contributed by atoms with van der Waals surface area (Å²) in [4.78, 5) is 30.1. The maximum Gasteiger partial charge on any atom is 0.348 e. The highest BCUT2D eigenvalue weighted by Gasteiger charge is 2.51. The minimum Gasteiger partial charge on any atom is -0.465 e. The molecule has 1 aliphatic heterocycles. The van der Waals surface area contributed by atoms with Crippen molar-refractivity contribution in [2.24, 2.45) is 0 Å². The molecule has 5 nitrogen and oxygen atoms in total. The molecule has 3 heterocycles. The quantitative estimate of drug-likeness (QED) is 0.821. The van der Waals surface area contributed by atoms with Gasteiger partial charge in [-0.1, -0.05) is 0 Å². The van der Waals surface area contributed by atoms with Gasteiger partial charge in [-0.25, -0.2) is 4.79 Å². The van der Waals surface area contributed by atoms with Crippen LogP contribution in [0.4, 0.5) is 0 Å². The number of nitrogens with one attached hydrogen (secondary N) is 1. The number of esters is 1. The van der Waals surface area contributed by atoms with Gasteiger partial charge in [0, 0.05) is 16.6 Å². The highest BCUT2D eigenvalue weighted by atomic mass is 32.1. The van der Waals surface area contributed by atoms with E-state index in [4.69, 9.17) is 4.74 Å². The predicted molar refractivity (Wildman–Crippen MR) is 77.3 cm³/mol. The normalized spacial score (nSPS) is 17.5. The molecule has 2 aliphatic rings. The van der Waals surface area contributed by atoms with Gasteiger partial charge in [-0.3, -0.25) is 9.78 Å².